The van der Waals surface area contributed by atoms with Crippen molar-refractivity contribution in [2.24, 2.45) is 27.2 Å². The van der Waals surface area contributed by atoms with Crippen molar-refractivity contribution in [2.75, 3.05) is 32.9 Å². The molecule has 0 aromatic heterocycles. The highest BCUT2D eigenvalue weighted by atomic mass is 16.6. The smallest absolute Gasteiger partial charge is 0.305 e. The number of unbranched alkanes of at least 4 members (excludes halogenated alkanes) is 3. The number of aliphatic hydroxyl groups excluding tert-OH is 6. The predicted octanol–water partition coefficient (Wildman–Crippen LogP) is -6.90. The number of aliphatic hydroxyl groups is 6. The lowest BCUT2D eigenvalue weighted by Gasteiger charge is -2.47. The van der Waals surface area contributed by atoms with Gasteiger partial charge in [-0.15, -0.1) is 0 Å². The zero-order valence-electron chi connectivity index (χ0n) is 27.2. The molecule has 3 rings (SSSR count). The van der Waals surface area contributed by atoms with Gasteiger partial charge in [0.05, 0.1) is 32.3 Å². The van der Waals surface area contributed by atoms with Gasteiger partial charge < -0.3 is 82.5 Å². The fourth-order valence-corrected chi connectivity index (χ4v) is 5.73. The number of ether oxygens (including phenoxy) is 2. The lowest BCUT2D eigenvalue weighted by atomic mass is 9.95. The average molecular weight is 704 g/mol. The van der Waals surface area contributed by atoms with Crippen LogP contribution in [0, 0.1) is 0 Å². The number of hydrogen-bond donors (Lipinski definition) is 11. The van der Waals surface area contributed by atoms with Crippen molar-refractivity contribution >= 4 is 36.0 Å². The summed E-state index contributed by atoms with van der Waals surface area (Å²) < 4.78 is 11.1. The molecule has 1 saturated heterocycles. The van der Waals surface area contributed by atoms with Crippen LogP contribution in [-0.4, -0.2) is 176 Å². The zero-order valence-corrected chi connectivity index (χ0v) is 27.2. The lowest BCUT2D eigenvalue weighted by Crippen LogP contribution is -2.70. The maximum Gasteiger partial charge on any atom is 0.305 e. The van der Waals surface area contributed by atoms with Crippen LogP contribution >= 0.6 is 0 Å². The second kappa shape index (κ2) is 18.3. The van der Waals surface area contributed by atoms with E-state index in [2.05, 4.69) is 20.6 Å². The number of aldehydes is 1. The molecule has 0 spiro atoms. The van der Waals surface area contributed by atoms with Crippen LogP contribution in [0.5, 0.6) is 0 Å². The van der Waals surface area contributed by atoms with Gasteiger partial charge in [0.2, 0.25) is 11.8 Å². The monoisotopic (exact) mass is 703 g/mol. The summed E-state index contributed by atoms with van der Waals surface area (Å²) in [7, 11) is 0. The maximum atomic E-state index is 14.1. The number of guanidine groups is 2. The van der Waals surface area contributed by atoms with Crippen LogP contribution in [0.15, 0.2) is 9.98 Å². The molecule has 21 nitrogen and oxygen atoms in total. The van der Waals surface area contributed by atoms with Crippen LogP contribution < -0.4 is 27.8 Å². The Labute approximate surface area is 282 Å². The average Bonchev–Trinajstić information content (AvgIpc) is 3.70. The molecule has 0 saturated carbocycles. The molecule has 278 valence electrons. The van der Waals surface area contributed by atoms with Crippen LogP contribution in [0.1, 0.15) is 39.0 Å². The van der Waals surface area contributed by atoms with Gasteiger partial charge >= 0.3 is 5.97 Å². The summed E-state index contributed by atoms with van der Waals surface area (Å²) in [6.45, 7) is -0.700. The normalized spacial score (nSPS) is 29.1. The van der Waals surface area contributed by atoms with Crippen molar-refractivity contribution in [1.29, 1.82) is 0 Å². The first kappa shape index (κ1) is 39.7. The lowest BCUT2D eigenvalue weighted by molar-refractivity contribution is -0.262. The predicted molar refractivity (Wildman–Crippen MR) is 169 cm³/mol. The third-order valence-electron chi connectivity index (χ3n) is 8.54. The Morgan fingerprint density at radius 3 is 2.41 bits per heavy atom. The summed E-state index contributed by atoms with van der Waals surface area (Å²) in [6.07, 6.45) is -7.83. The summed E-state index contributed by atoms with van der Waals surface area (Å²) in [5, 5.41) is 68.4. The molecule has 0 aromatic rings. The van der Waals surface area contributed by atoms with E-state index >= 15 is 0 Å². The molecule has 2 amide bonds. The SMILES string of the molecule is CCCCCCC(=O)OCC1OC(N2C(N)=NCC2C(O)[C@H](NC(=O)[C@@H](N)CO)C(=O)N(C2CN=C(N)N2)[C@H](C=O)CO)C(O)C(O)C1O. The Morgan fingerprint density at radius 2 is 1.82 bits per heavy atom. The van der Waals surface area contributed by atoms with Gasteiger partial charge in [0.25, 0.3) is 0 Å². The van der Waals surface area contributed by atoms with E-state index in [1.807, 2.05) is 6.92 Å². The Morgan fingerprint density at radius 1 is 1.10 bits per heavy atom. The molecular formula is C28H49N9O12. The van der Waals surface area contributed by atoms with Crippen molar-refractivity contribution in [2.45, 2.75) is 106 Å². The third-order valence-corrected chi connectivity index (χ3v) is 8.54. The first-order chi connectivity index (χ1) is 23.3. The van der Waals surface area contributed by atoms with E-state index in [1.54, 1.807) is 0 Å². The zero-order chi connectivity index (χ0) is 36.4. The Kier molecular flexibility index (Phi) is 14.9. The number of carbonyl (C=O) groups excluding carboxylic acids is 4. The molecule has 0 radical (unpaired) electrons. The van der Waals surface area contributed by atoms with Crippen molar-refractivity contribution in [3.05, 3.63) is 0 Å². The van der Waals surface area contributed by atoms with E-state index < -0.39 is 105 Å². The molecule has 3 aliphatic heterocycles. The summed E-state index contributed by atoms with van der Waals surface area (Å²) in [5.74, 6) is -3.18. The van der Waals surface area contributed by atoms with Crippen LogP contribution in [0.3, 0.4) is 0 Å². The number of nitrogens with two attached hydrogens (primary N) is 3. The minimum atomic E-state index is -1.99. The van der Waals surface area contributed by atoms with E-state index in [0.29, 0.717) is 6.42 Å². The third kappa shape index (κ3) is 9.51. The number of aliphatic imine (C=N–C) groups is 2. The molecule has 0 bridgehead atoms. The fraction of sp³-hybridized carbons (Fsp3) is 0.786. The van der Waals surface area contributed by atoms with Crippen LogP contribution in [0.25, 0.3) is 0 Å². The highest BCUT2D eigenvalue weighted by Gasteiger charge is 2.52. The minimum absolute atomic E-state index is 0.0853. The molecule has 14 N–H and O–H groups in total. The van der Waals surface area contributed by atoms with Crippen LogP contribution in [0.4, 0.5) is 0 Å². The number of hydrogen-bond acceptors (Lipinski definition) is 19. The molecule has 0 aliphatic carbocycles. The fourth-order valence-electron chi connectivity index (χ4n) is 5.73. The van der Waals surface area contributed by atoms with E-state index in [-0.39, 0.29) is 37.7 Å². The maximum absolute atomic E-state index is 14.1. The number of carbonyl (C=O) groups is 4. The highest BCUT2D eigenvalue weighted by Crippen LogP contribution is 2.29. The second-order valence-electron chi connectivity index (χ2n) is 12.0. The molecule has 11 atom stereocenters. The van der Waals surface area contributed by atoms with Crippen molar-refractivity contribution in [1.82, 2.24) is 20.4 Å². The Bertz CT molecular complexity index is 1210. The number of nitrogens with one attached hydrogen (secondary N) is 2. The first-order valence-corrected chi connectivity index (χ1v) is 16.0. The highest BCUT2D eigenvalue weighted by molar-refractivity contribution is 5.92. The second-order valence-corrected chi connectivity index (χ2v) is 12.0. The molecule has 3 heterocycles. The first-order valence-electron chi connectivity index (χ1n) is 16.0. The summed E-state index contributed by atoms with van der Waals surface area (Å²) in [4.78, 5) is 61.1. The van der Waals surface area contributed by atoms with Crippen molar-refractivity contribution < 1.29 is 59.3 Å². The Balaban J connectivity index is 1.90. The van der Waals surface area contributed by atoms with E-state index in [0.717, 1.165) is 29.1 Å². The molecule has 3 aliphatic rings. The number of nitrogens with zero attached hydrogens (tertiary/aromatic N) is 4. The number of esters is 1. The van der Waals surface area contributed by atoms with E-state index in [1.165, 1.54) is 0 Å². The van der Waals surface area contributed by atoms with Gasteiger partial charge in [0.1, 0.15) is 67.7 Å². The molecule has 1 fully saturated rings. The van der Waals surface area contributed by atoms with Gasteiger partial charge in [-0.05, 0) is 6.42 Å². The van der Waals surface area contributed by atoms with E-state index in [9.17, 15) is 49.8 Å². The molecule has 21 heteroatoms. The van der Waals surface area contributed by atoms with Gasteiger partial charge in [-0.1, -0.05) is 26.2 Å². The standard InChI is InChI=1S/C28H49N9O12/c1-2-3-4-5-6-18(41)48-12-16-21(43)22(44)23(45)26(49-16)37-15(7-33-28(37)31)20(42)19(35-24(46)14(29)11-40)25(47)36(13(9-38)10-39)17-8-32-27(30)34-17/h9,13-17,19-23,26,39-40,42-45H,2-8,10-12,29H2,1H3,(H2,31,33)(H,35,46)(H3,30,32,34)/t13-,14+,15?,16?,17?,19+,20?,21?,22?,23?,26?/m1/s1. The molecule has 49 heavy (non-hydrogen) atoms. The van der Waals surface area contributed by atoms with E-state index in [4.69, 9.17) is 26.7 Å². The van der Waals surface area contributed by atoms with Gasteiger partial charge in [-0.3, -0.25) is 19.4 Å². The van der Waals surface area contributed by atoms with Gasteiger partial charge in [-0.2, -0.15) is 0 Å². The summed E-state index contributed by atoms with van der Waals surface area (Å²) >= 11 is 0. The van der Waals surface area contributed by atoms with Crippen LogP contribution in [0.2, 0.25) is 0 Å². The molecule has 0 aromatic carbocycles. The van der Waals surface area contributed by atoms with Gasteiger partial charge in [-0.25, -0.2) is 4.99 Å². The number of amides is 2. The summed E-state index contributed by atoms with van der Waals surface area (Å²) in [5.41, 5.74) is 17.5. The van der Waals surface area contributed by atoms with Gasteiger partial charge in [0.15, 0.2) is 18.1 Å². The summed E-state index contributed by atoms with van der Waals surface area (Å²) in [6, 6.07) is -6.39. The number of rotatable bonds is 18. The minimum Gasteiger partial charge on any atom is -0.463 e. The quantitative estimate of drug-likeness (QED) is 0.0359. The largest absolute Gasteiger partial charge is 0.463 e. The molecule has 8 unspecified atom stereocenters. The van der Waals surface area contributed by atoms with Gasteiger partial charge in [0, 0.05) is 6.42 Å². The Hall–Kier alpha value is -3.70. The van der Waals surface area contributed by atoms with Crippen molar-refractivity contribution in [3.8, 4) is 0 Å². The van der Waals surface area contributed by atoms with Crippen LogP contribution in [-0.2, 0) is 28.7 Å². The van der Waals surface area contributed by atoms with Crippen molar-refractivity contribution in [3.63, 3.8) is 0 Å². The topological polar surface area (TPSA) is 341 Å². The molecular weight excluding hydrogens is 654 g/mol.